The molecule has 0 atom stereocenters. The minimum Gasteiger partial charge on any atom is -0.349 e. The highest BCUT2D eigenvalue weighted by atomic mass is 35.5. The lowest BCUT2D eigenvalue weighted by Crippen LogP contribution is -2.44. The molecule has 2 aliphatic rings. The summed E-state index contributed by atoms with van der Waals surface area (Å²) < 4.78 is 27.6. The number of piperidine rings is 1. The number of carbonyl (C=O) groups excluding carboxylic acids is 1. The molecule has 1 aliphatic carbocycles. The Morgan fingerprint density at radius 3 is 2.42 bits per heavy atom. The molecule has 1 amide bonds. The van der Waals surface area contributed by atoms with Crippen LogP contribution in [0.4, 0.5) is 0 Å². The Bertz CT molecular complexity index is 1010. The molecule has 2 N–H and O–H groups in total. The molecule has 4 rings (SSSR count). The average molecular weight is 462 g/mol. The van der Waals surface area contributed by atoms with Crippen LogP contribution in [0.1, 0.15) is 41.6 Å². The van der Waals surface area contributed by atoms with Crippen LogP contribution >= 0.6 is 11.6 Å². The van der Waals surface area contributed by atoms with Crippen molar-refractivity contribution in [2.75, 3.05) is 19.6 Å². The van der Waals surface area contributed by atoms with Crippen molar-refractivity contribution >= 4 is 27.5 Å². The minimum absolute atomic E-state index is 0.0854. The molecule has 0 radical (unpaired) electrons. The number of nitrogens with zero attached hydrogens (tertiary/aromatic N) is 1. The standard InChI is InChI=1S/C23H28ClN3O3S/c24-20-8-6-18(7-9-20)16-27-12-10-21(11-13-27)26-23(28)19-2-1-3-22(14-19)31(29,30)25-15-17-4-5-17/h1-3,6-9,14,17,21,25H,4-5,10-13,15-16H2,(H,26,28). The molecule has 166 valence electrons. The van der Waals surface area contributed by atoms with Gasteiger partial charge in [0.1, 0.15) is 0 Å². The molecule has 1 heterocycles. The number of amides is 1. The van der Waals surface area contributed by atoms with E-state index in [9.17, 15) is 13.2 Å². The maximum absolute atomic E-state index is 12.7. The quantitative estimate of drug-likeness (QED) is 0.631. The second-order valence-corrected chi connectivity index (χ2v) is 10.7. The van der Waals surface area contributed by atoms with E-state index in [1.54, 1.807) is 12.1 Å². The van der Waals surface area contributed by atoms with Gasteiger partial charge >= 0.3 is 0 Å². The molecule has 2 aromatic carbocycles. The van der Waals surface area contributed by atoms with Gasteiger partial charge in [-0.2, -0.15) is 0 Å². The molecule has 0 spiro atoms. The Labute approximate surface area is 189 Å². The molecule has 31 heavy (non-hydrogen) atoms. The van der Waals surface area contributed by atoms with Gasteiger partial charge in [-0.25, -0.2) is 13.1 Å². The maximum atomic E-state index is 12.7. The third-order valence-electron chi connectivity index (χ3n) is 5.91. The zero-order chi connectivity index (χ0) is 21.8. The molecular weight excluding hydrogens is 434 g/mol. The zero-order valence-electron chi connectivity index (χ0n) is 17.4. The lowest BCUT2D eigenvalue weighted by molar-refractivity contribution is 0.0908. The summed E-state index contributed by atoms with van der Waals surface area (Å²) in [6, 6.07) is 14.2. The van der Waals surface area contributed by atoms with Gasteiger partial charge in [0.05, 0.1) is 4.90 Å². The molecule has 1 saturated heterocycles. The number of likely N-dealkylation sites (tertiary alicyclic amines) is 1. The van der Waals surface area contributed by atoms with Gasteiger partial charge in [0.15, 0.2) is 0 Å². The van der Waals surface area contributed by atoms with E-state index in [2.05, 4.69) is 14.9 Å². The van der Waals surface area contributed by atoms with Crippen LogP contribution in [0.25, 0.3) is 0 Å². The summed E-state index contributed by atoms with van der Waals surface area (Å²) >= 11 is 5.95. The first-order valence-corrected chi connectivity index (χ1v) is 12.6. The normalized spacial score (nSPS) is 18.1. The largest absolute Gasteiger partial charge is 0.349 e. The van der Waals surface area contributed by atoms with Crippen LogP contribution in [0.3, 0.4) is 0 Å². The Morgan fingerprint density at radius 2 is 1.74 bits per heavy atom. The van der Waals surface area contributed by atoms with Crippen LogP contribution < -0.4 is 10.0 Å². The Kier molecular flexibility index (Phi) is 6.96. The number of hydrogen-bond donors (Lipinski definition) is 2. The van der Waals surface area contributed by atoms with Crippen LogP contribution in [0.2, 0.25) is 5.02 Å². The first-order valence-electron chi connectivity index (χ1n) is 10.8. The van der Waals surface area contributed by atoms with Crippen molar-refractivity contribution in [2.45, 2.75) is 43.2 Å². The van der Waals surface area contributed by atoms with Crippen LogP contribution in [0.5, 0.6) is 0 Å². The zero-order valence-corrected chi connectivity index (χ0v) is 19.0. The van der Waals surface area contributed by atoms with Crippen LogP contribution in [0, 0.1) is 5.92 Å². The first kappa shape index (κ1) is 22.3. The fourth-order valence-electron chi connectivity index (χ4n) is 3.79. The van der Waals surface area contributed by atoms with Gasteiger partial charge in [-0.3, -0.25) is 9.69 Å². The summed E-state index contributed by atoms with van der Waals surface area (Å²) in [4.78, 5) is 15.2. The van der Waals surface area contributed by atoms with Gasteiger partial charge in [0, 0.05) is 42.8 Å². The molecule has 8 heteroatoms. The van der Waals surface area contributed by atoms with Gasteiger partial charge < -0.3 is 5.32 Å². The molecule has 2 aromatic rings. The molecular formula is C23H28ClN3O3S. The Balaban J connectivity index is 1.29. The SMILES string of the molecule is O=C(NC1CCN(Cc2ccc(Cl)cc2)CC1)c1cccc(S(=O)(=O)NCC2CC2)c1. The number of rotatable bonds is 8. The smallest absolute Gasteiger partial charge is 0.251 e. The topological polar surface area (TPSA) is 78.5 Å². The van der Waals surface area contributed by atoms with Crippen LogP contribution in [0.15, 0.2) is 53.4 Å². The monoisotopic (exact) mass is 461 g/mol. The second kappa shape index (κ2) is 9.69. The van der Waals surface area contributed by atoms with Crippen LogP contribution in [-0.2, 0) is 16.6 Å². The van der Waals surface area contributed by atoms with Crippen molar-refractivity contribution in [3.63, 3.8) is 0 Å². The van der Waals surface area contributed by atoms with E-state index in [1.807, 2.05) is 24.3 Å². The number of benzene rings is 2. The average Bonchev–Trinajstić information content (AvgIpc) is 3.60. The number of hydrogen-bond acceptors (Lipinski definition) is 4. The molecule has 1 saturated carbocycles. The maximum Gasteiger partial charge on any atom is 0.251 e. The van der Waals surface area contributed by atoms with Crippen molar-refractivity contribution < 1.29 is 13.2 Å². The Hall–Kier alpha value is -1.93. The van der Waals surface area contributed by atoms with Crippen LogP contribution in [-0.4, -0.2) is 44.9 Å². The van der Waals surface area contributed by atoms with E-state index < -0.39 is 10.0 Å². The number of sulfonamides is 1. The number of nitrogens with one attached hydrogen (secondary N) is 2. The van der Waals surface area contributed by atoms with Crippen molar-refractivity contribution in [1.29, 1.82) is 0 Å². The molecule has 6 nitrogen and oxygen atoms in total. The lowest BCUT2D eigenvalue weighted by Gasteiger charge is -2.32. The molecule has 0 unspecified atom stereocenters. The van der Waals surface area contributed by atoms with Gasteiger partial charge in [0.25, 0.3) is 5.91 Å². The third-order valence-corrected chi connectivity index (χ3v) is 7.58. The molecule has 0 aromatic heterocycles. The second-order valence-electron chi connectivity index (χ2n) is 8.47. The fourth-order valence-corrected chi connectivity index (χ4v) is 5.08. The van der Waals surface area contributed by atoms with Crippen molar-refractivity contribution in [3.05, 3.63) is 64.7 Å². The lowest BCUT2D eigenvalue weighted by atomic mass is 10.0. The van der Waals surface area contributed by atoms with Gasteiger partial charge in [0.2, 0.25) is 10.0 Å². The van der Waals surface area contributed by atoms with Gasteiger partial charge in [-0.05, 0) is 67.5 Å². The Morgan fingerprint density at radius 1 is 1.03 bits per heavy atom. The summed E-state index contributed by atoms with van der Waals surface area (Å²) in [5, 5.41) is 3.80. The first-order chi connectivity index (χ1) is 14.9. The molecule has 2 fully saturated rings. The fraction of sp³-hybridized carbons (Fsp3) is 0.435. The highest BCUT2D eigenvalue weighted by Crippen LogP contribution is 2.28. The highest BCUT2D eigenvalue weighted by Gasteiger charge is 2.25. The third kappa shape index (κ3) is 6.29. The van der Waals surface area contributed by atoms with Crippen molar-refractivity contribution in [2.24, 2.45) is 5.92 Å². The highest BCUT2D eigenvalue weighted by molar-refractivity contribution is 7.89. The molecule has 1 aliphatic heterocycles. The summed E-state index contributed by atoms with van der Waals surface area (Å²) in [5.41, 5.74) is 1.60. The van der Waals surface area contributed by atoms with Crippen molar-refractivity contribution in [3.8, 4) is 0 Å². The van der Waals surface area contributed by atoms with E-state index >= 15 is 0 Å². The summed E-state index contributed by atoms with van der Waals surface area (Å²) in [7, 11) is -3.59. The van der Waals surface area contributed by atoms with E-state index in [-0.39, 0.29) is 16.8 Å². The van der Waals surface area contributed by atoms with E-state index in [0.717, 1.165) is 50.3 Å². The van der Waals surface area contributed by atoms with E-state index in [1.165, 1.54) is 17.7 Å². The number of halogens is 1. The van der Waals surface area contributed by atoms with E-state index in [4.69, 9.17) is 11.6 Å². The minimum atomic E-state index is -3.59. The van der Waals surface area contributed by atoms with Crippen molar-refractivity contribution in [1.82, 2.24) is 14.9 Å². The summed E-state index contributed by atoms with van der Waals surface area (Å²) in [6.07, 6.45) is 3.87. The summed E-state index contributed by atoms with van der Waals surface area (Å²) in [5.74, 6) is 0.224. The number of carbonyl (C=O) groups is 1. The van der Waals surface area contributed by atoms with E-state index in [0.29, 0.717) is 18.0 Å². The van der Waals surface area contributed by atoms with Gasteiger partial charge in [-0.15, -0.1) is 0 Å². The van der Waals surface area contributed by atoms with Gasteiger partial charge in [-0.1, -0.05) is 29.8 Å². The predicted molar refractivity (Wildman–Crippen MR) is 122 cm³/mol. The predicted octanol–water partition coefficient (Wildman–Crippen LogP) is 3.42. The summed E-state index contributed by atoms with van der Waals surface area (Å²) in [6.45, 7) is 3.12. The molecule has 0 bridgehead atoms.